The van der Waals surface area contributed by atoms with Gasteiger partial charge in [0.1, 0.15) is 0 Å². The molecule has 1 unspecified atom stereocenters. The number of carbonyl (C=O) groups excluding carboxylic acids is 1. The van der Waals surface area contributed by atoms with Crippen molar-refractivity contribution in [2.45, 2.75) is 58.4 Å². The van der Waals surface area contributed by atoms with Crippen molar-refractivity contribution < 1.29 is 4.79 Å². The van der Waals surface area contributed by atoms with Gasteiger partial charge in [-0.2, -0.15) is 0 Å². The monoisotopic (exact) mass is 238 g/mol. The second-order valence-electron chi connectivity index (χ2n) is 6.18. The van der Waals surface area contributed by atoms with Crippen LogP contribution in [0.15, 0.2) is 0 Å². The SMILES string of the molecule is CCC1(NC(=O)C2(C(C)C)CCNC2)CCC1. The third-order valence-electron chi connectivity index (χ3n) is 5.11. The van der Waals surface area contributed by atoms with Crippen molar-refractivity contribution in [2.24, 2.45) is 11.3 Å². The van der Waals surface area contributed by atoms with E-state index in [2.05, 4.69) is 31.4 Å². The second kappa shape index (κ2) is 4.60. The minimum Gasteiger partial charge on any atom is -0.350 e. The Morgan fingerprint density at radius 3 is 2.41 bits per heavy atom. The lowest BCUT2D eigenvalue weighted by Crippen LogP contribution is -2.58. The Balaban J connectivity index is 2.07. The molecule has 2 aliphatic rings. The third-order valence-corrected chi connectivity index (χ3v) is 5.11. The van der Waals surface area contributed by atoms with E-state index in [1.165, 1.54) is 6.42 Å². The molecule has 0 radical (unpaired) electrons. The molecular weight excluding hydrogens is 212 g/mol. The molecule has 0 aromatic carbocycles. The molecule has 2 fully saturated rings. The molecule has 1 amide bonds. The first-order valence-corrected chi connectivity index (χ1v) is 7.08. The van der Waals surface area contributed by atoms with Gasteiger partial charge in [0.05, 0.1) is 5.41 Å². The van der Waals surface area contributed by atoms with Gasteiger partial charge in [0.2, 0.25) is 5.91 Å². The molecule has 2 rings (SSSR count). The number of hydrogen-bond acceptors (Lipinski definition) is 2. The van der Waals surface area contributed by atoms with Crippen LogP contribution in [0, 0.1) is 11.3 Å². The lowest BCUT2D eigenvalue weighted by Gasteiger charge is -2.45. The highest BCUT2D eigenvalue weighted by molar-refractivity contribution is 5.84. The average Bonchev–Trinajstić information content (AvgIpc) is 2.73. The number of nitrogens with one attached hydrogen (secondary N) is 2. The standard InChI is InChI=1S/C14H26N2O/c1-4-13(6-5-7-13)16-12(17)14(11(2)3)8-9-15-10-14/h11,15H,4-10H2,1-3H3,(H,16,17). The van der Waals surface area contributed by atoms with Gasteiger partial charge >= 0.3 is 0 Å². The van der Waals surface area contributed by atoms with E-state index in [9.17, 15) is 4.79 Å². The largest absolute Gasteiger partial charge is 0.350 e. The summed E-state index contributed by atoms with van der Waals surface area (Å²) < 4.78 is 0. The number of rotatable bonds is 4. The maximum Gasteiger partial charge on any atom is 0.228 e. The molecule has 1 heterocycles. The minimum atomic E-state index is -0.169. The van der Waals surface area contributed by atoms with Gasteiger partial charge in [-0.05, 0) is 44.6 Å². The Morgan fingerprint density at radius 1 is 1.35 bits per heavy atom. The van der Waals surface area contributed by atoms with Gasteiger partial charge in [-0.1, -0.05) is 20.8 Å². The Morgan fingerprint density at radius 2 is 2.06 bits per heavy atom. The van der Waals surface area contributed by atoms with Gasteiger partial charge in [-0.3, -0.25) is 4.79 Å². The third kappa shape index (κ3) is 2.10. The Kier molecular flexibility index (Phi) is 3.48. The molecule has 2 N–H and O–H groups in total. The van der Waals surface area contributed by atoms with E-state index < -0.39 is 0 Å². The van der Waals surface area contributed by atoms with Crippen molar-refractivity contribution >= 4 is 5.91 Å². The molecule has 1 atom stereocenters. The summed E-state index contributed by atoms with van der Waals surface area (Å²) >= 11 is 0. The van der Waals surface area contributed by atoms with E-state index in [1.807, 2.05) is 0 Å². The van der Waals surface area contributed by atoms with Crippen LogP contribution in [0.5, 0.6) is 0 Å². The molecule has 1 saturated heterocycles. The van der Waals surface area contributed by atoms with Crippen molar-refractivity contribution in [3.8, 4) is 0 Å². The molecule has 0 aromatic heterocycles. The zero-order valence-electron chi connectivity index (χ0n) is 11.4. The van der Waals surface area contributed by atoms with E-state index in [0.29, 0.717) is 11.8 Å². The summed E-state index contributed by atoms with van der Waals surface area (Å²) in [6, 6.07) is 0. The summed E-state index contributed by atoms with van der Waals surface area (Å²) in [5, 5.41) is 6.72. The Bertz CT molecular complexity index is 283. The van der Waals surface area contributed by atoms with Crippen molar-refractivity contribution in [2.75, 3.05) is 13.1 Å². The molecule has 0 bridgehead atoms. The molecule has 17 heavy (non-hydrogen) atoms. The summed E-state index contributed by atoms with van der Waals surface area (Å²) in [7, 11) is 0. The molecule has 3 heteroatoms. The van der Waals surface area contributed by atoms with Crippen molar-refractivity contribution in [3.05, 3.63) is 0 Å². The quantitative estimate of drug-likeness (QED) is 0.787. The predicted octanol–water partition coefficient (Wildman–Crippen LogP) is 2.07. The summed E-state index contributed by atoms with van der Waals surface area (Å²) in [6.07, 6.45) is 5.64. The van der Waals surface area contributed by atoms with Gasteiger partial charge in [0.15, 0.2) is 0 Å². The summed E-state index contributed by atoms with van der Waals surface area (Å²) in [5.41, 5.74) is -0.0423. The Hall–Kier alpha value is -0.570. The highest BCUT2D eigenvalue weighted by atomic mass is 16.2. The van der Waals surface area contributed by atoms with E-state index in [1.54, 1.807) is 0 Å². The zero-order chi connectivity index (χ0) is 12.5. The summed E-state index contributed by atoms with van der Waals surface area (Å²) in [4.78, 5) is 12.6. The summed E-state index contributed by atoms with van der Waals surface area (Å²) in [5.74, 6) is 0.700. The molecule has 1 aliphatic carbocycles. The van der Waals surface area contributed by atoms with Gasteiger partial charge in [0.25, 0.3) is 0 Å². The van der Waals surface area contributed by atoms with Crippen molar-refractivity contribution in [3.63, 3.8) is 0 Å². The van der Waals surface area contributed by atoms with E-state index in [0.717, 1.165) is 38.8 Å². The van der Waals surface area contributed by atoms with E-state index in [4.69, 9.17) is 0 Å². The molecular formula is C14H26N2O. The highest BCUT2D eigenvalue weighted by Gasteiger charge is 2.47. The fourth-order valence-corrected chi connectivity index (χ4v) is 3.20. The first-order valence-electron chi connectivity index (χ1n) is 7.08. The van der Waals surface area contributed by atoms with Crippen LogP contribution in [0.2, 0.25) is 0 Å². The maximum absolute atomic E-state index is 12.6. The number of carbonyl (C=O) groups is 1. The highest BCUT2D eigenvalue weighted by Crippen LogP contribution is 2.39. The Labute approximate surface area is 105 Å². The smallest absolute Gasteiger partial charge is 0.228 e. The normalized spacial score (nSPS) is 31.3. The van der Waals surface area contributed by atoms with Crippen molar-refractivity contribution in [1.82, 2.24) is 10.6 Å². The molecule has 1 aliphatic heterocycles. The van der Waals surface area contributed by atoms with Gasteiger partial charge in [0, 0.05) is 12.1 Å². The van der Waals surface area contributed by atoms with E-state index in [-0.39, 0.29) is 11.0 Å². The first kappa shape index (κ1) is 12.9. The van der Waals surface area contributed by atoms with E-state index >= 15 is 0 Å². The number of hydrogen-bond donors (Lipinski definition) is 2. The minimum absolute atomic E-state index is 0.127. The van der Waals surface area contributed by atoms with Gasteiger partial charge in [-0.25, -0.2) is 0 Å². The topological polar surface area (TPSA) is 41.1 Å². The van der Waals surface area contributed by atoms with Crippen LogP contribution in [0.3, 0.4) is 0 Å². The number of amides is 1. The lowest BCUT2D eigenvalue weighted by molar-refractivity contribution is -0.135. The van der Waals surface area contributed by atoms with Crippen LogP contribution < -0.4 is 10.6 Å². The van der Waals surface area contributed by atoms with Crippen LogP contribution in [0.1, 0.15) is 52.9 Å². The lowest BCUT2D eigenvalue weighted by atomic mass is 9.71. The molecule has 3 nitrogen and oxygen atoms in total. The zero-order valence-corrected chi connectivity index (χ0v) is 11.4. The molecule has 0 spiro atoms. The predicted molar refractivity (Wildman–Crippen MR) is 69.8 cm³/mol. The first-order chi connectivity index (χ1) is 8.05. The summed E-state index contributed by atoms with van der Waals surface area (Å²) in [6.45, 7) is 8.35. The van der Waals surface area contributed by atoms with Crippen LogP contribution >= 0.6 is 0 Å². The van der Waals surface area contributed by atoms with Crippen LogP contribution in [0.4, 0.5) is 0 Å². The van der Waals surface area contributed by atoms with Crippen LogP contribution in [0.25, 0.3) is 0 Å². The van der Waals surface area contributed by atoms with Crippen LogP contribution in [-0.2, 0) is 4.79 Å². The van der Waals surface area contributed by atoms with Gasteiger partial charge in [-0.15, -0.1) is 0 Å². The maximum atomic E-state index is 12.6. The molecule has 0 aromatic rings. The fourth-order valence-electron chi connectivity index (χ4n) is 3.20. The second-order valence-corrected chi connectivity index (χ2v) is 6.18. The molecule has 1 saturated carbocycles. The fraction of sp³-hybridized carbons (Fsp3) is 0.929. The van der Waals surface area contributed by atoms with Gasteiger partial charge < -0.3 is 10.6 Å². The van der Waals surface area contributed by atoms with Crippen LogP contribution in [-0.4, -0.2) is 24.5 Å². The average molecular weight is 238 g/mol. The molecule has 98 valence electrons. The van der Waals surface area contributed by atoms with Crippen molar-refractivity contribution in [1.29, 1.82) is 0 Å².